The maximum atomic E-state index is 4.60. The zero-order chi connectivity index (χ0) is 12.1. The minimum Gasteiger partial charge on any atom is -0.339 e. The van der Waals surface area contributed by atoms with E-state index in [-0.39, 0.29) is 0 Å². The van der Waals surface area contributed by atoms with Crippen molar-refractivity contribution in [3.63, 3.8) is 0 Å². The second-order valence-electron chi connectivity index (χ2n) is 4.47. The van der Waals surface area contributed by atoms with Crippen LogP contribution in [0.25, 0.3) is 27.8 Å². The molecule has 0 radical (unpaired) electrons. The summed E-state index contributed by atoms with van der Waals surface area (Å²) in [7, 11) is 0. The van der Waals surface area contributed by atoms with Crippen LogP contribution in [0.4, 0.5) is 0 Å². The number of fused-ring (bicyclic) bond motifs is 5. The summed E-state index contributed by atoms with van der Waals surface area (Å²) in [5, 5.41) is 1.15. The zero-order valence-corrected chi connectivity index (χ0v) is 10.0. The van der Waals surface area contributed by atoms with Crippen molar-refractivity contribution in [1.82, 2.24) is 19.4 Å². The van der Waals surface area contributed by atoms with E-state index in [4.69, 9.17) is 0 Å². The monoisotopic (exact) mass is 236 g/mol. The van der Waals surface area contributed by atoms with E-state index in [1.54, 1.807) is 0 Å². The van der Waals surface area contributed by atoms with Crippen molar-refractivity contribution in [2.24, 2.45) is 0 Å². The van der Waals surface area contributed by atoms with Crippen molar-refractivity contribution < 1.29 is 0 Å². The van der Waals surface area contributed by atoms with E-state index in [0.717, 1.165) is 34.3 Å². The summed E-state index contributed by atoms with van der Waals surface area (Å²) in [6, 6.07) is 8.21. The molecule has 3 heterocycles. The van der Waals surface area contributed by atoms with Crippen LogP contribution in [0.2, 0.25) is 0 Å². The van der Waals surface area contributed by atoms with Crippen LogP contribution in [0.15, 0.2) is 36.7 Å². The largest absolute Gasteiger partial charge is 0.339 e. The van der Waals surface area contributed by atoms with E-state index < -0.39 is 0 Å². The van der Waals surface area contributed by atoms with Gasteiger partial charge in [-0.25, -0.2) is 9.97 Å². The molecule has 4 nitrogen and oxygen atoms in total. The molecule has 4 aromatic rings. The number of hydrogen-bond acceptors (Lipinski definition) is 2. The molecule has 0 spiro atoms. The van der Waals surface area contributed by atoms with Crippen LogP contribution >= 0.6 is 0 Å². The zero-order valence-electron chi connectivity index (χ0n) is 10.0. The molecule has 1 aromatic carbocycles. The van der Waals surface area contributed by atoms with Gasteiger partial charge in [0.15, 0.2) is 0 Å². The first-order valence-corrected chi connectivity index (χ1v) is 6.10. The van der Waals surface area contributed by atoms with Crippen molar-refractivity contribution in [3.05, 3.63) is 42.2 Å². The lowest BCUT2D eigenvalue weighted by Gasteiger charge is -1.97. The second-order valence-corrected chi connectivity index (χ2v) is 4.47. The summed E-state index contributed by atoms with van der Waals surface area (Å²) in [4.78, 5) is 12.4. The summed E-state index contributed by atoms with van der Waals surface area (Å²) < 4.78 is 2.04. The van der Waals surface area contributed by atoms with Gasteiger partial charge in [-0.2, -0.15) is 0 Å². The van der Waals surface area contributed by atoms with Crippen LogP contribution in [0, 0.1) is 0 Å². The molecule has 0 fully saturated rings. The molecule has 0 bridgehead atoms. The van der Waals surface area contributed by atoms with Crippen molar-refractivity contribution in [2.75, 3.05) is 0 Å². The number of nitrogens with zero attached hydrogens (tertiary/aromatic N) is 3. The first-order valence-electron chi connectivity index (χ1n) is 6.10. The summed E-state index contributed by atoms with van der Waals surface area (Å²) in [6.07, 6.45) is 4.97. The minimum absolute atomic E-state index is 0.749. The highest BCUT2D eigenvalue weighted by Gasteiger charge is 2.11. The smallest absolute Gasteiger partial charge is 0.236 e. The van der Waals surface area contributed by atoms with Gasteiger partial charge in [-0.3, -0.25) is 4.40 Å². The Morgan fingerprint density at radius 1 is 1.28 bits per heavy atom. The lowest BCUT2D eigenvalue weighted by molar-refractivity contribution is 1.03. The van der Waals surface area contributed by atoms with Gasteiger partial charge in [0.1, 0.15) is 11.2 Å². The molecule has 0 unspecified atom stereocenters. The van der Waals surface area contributed by atoms with Gasteiger partial charge in [0.05, 0.1) is 0 Å². The number of imidazole rings is 1. The Morgan fingerprint density at radius 3 is 3.06 bits per heavy atom. The predicted octanol–water partition coefficient (Wildman–Crippen LogP) is 2.93. The molecule has 0 aliphatic carbocycles. The predicted molar refractivity (Wildman–Crippen MR) is 71.7 cm³/mol. The fourth-order valence-electron chi connectivity index (χ4n) is 2.39. The molecular weight excluding hydrogens is 224 g/mol. The Labute approximate surface area is 103 Å². The Hall–Kier alpha value is -2.36. The van der Waals surface area contributed by atoms with E-state index in [2.05, 4.69) is 40.2 Å². The summed E-state index contributed by atoms with van der Waals surface area (Å²) >= 11 is 0. The van der Waals surface area contributed by atoms with E-state index in [1.165, 1.54) is 5.56 Å². The van der Waals surface area contributed by atoms with Crippen LogP contribution in [0.3, 0.4) is 0 Å². The molecule has 3 aromatic heterocycles. The Bertz CT molecular complexity index is 869. The first kappa shape index (κ1) is 9.65. The minimum atomic E-state index is 0.749. The Kier molecular flexibility index (Phi) is 1.78. The summed E-state index contributed by atoms with van der Waals surface area (Å²) in [5.41, 5.74) is 4.34. The fraction of sp³-hybridized carbons (Fsp3) is 0.143. The number of aryl methyl sites for hydroxylation is 1. The van der Waals surface area contributed by atoms with Gasteiger partial charge in [0.25, 0.3) is 0 Å². The molecule has 0 aliphatic rings. The van der Waals surface area contributed by atoms with Gasteiger partial charge >= 0.3 is 0 Å². The topological polar surface area (TPSA) is 46.0 Å². The Morgan fingerprint density at radius 2 is 2.17 bits per heavy atom. The third-order valence-electron chi connectivity index (χ3n) is 3.38. The molecule has 4 heteroatoms. The second kappa shape index (κ2) is 3.32. The molecule has 1 N–H and O–H groups in total. The molecule has 0 saturated carbocycles. The third kappa shape index (κ3) is 1.14. The highest BCUT2D eigenvalue weighted by Crippen LogP contribution is 2.25. The van der Waals surface area contributed by atoms with Gasteiger partial charge in [0, 0.05) is 23.3 Å². The average molecular weight is 236 g/mol. The first-order chi connectivity index (χ1) is 8.86. The molecule has 0 saturated heterocycles. The van der Waals surface area contributed by atoms with E-state index >= 15 is 0 Å². The highest BCUT2D eigenvalue weighted by atomic mass is 15.1. The average Bonchev–Trinajstić information content (AvgIpc) is 2.94. The van der Waals surface area contributed by atoms with Crippen LogP contribution in [-0.4, -0.2) is 19.4 Å². The number of hydrogen-bond donors (Lipinski definition) is 1. The van der Waals surface area contributed by atoms with E-state index in [9.17, 15) is 0 Å². The van der Waals surface area contributed by atoms with Crippen molar-refractivity contribution in [2.45, 2.75) is 13.3 Å². The summed E-state index contributed by atoms with van der Waals surface area (Å²) in [5.74, 6) is 0.749. The number of aromatic amines is 1. The van der Waals surface area contributed by atoms with Crippen molar-refractivity contribution >= 4 is 27.8 Å². The lowest BCUT2D eigenvalue weighted by Crippen LogP contribution is -1.92. The maximum Gasteiger partial charge on any atom is 0.236 e. The molecular formula is C14H12N4. The fourth-order valence-corrected chi connectivity index (χ4v) is 2.39. The maximum absolute atomic E-state index is 4.60. The van der Waals surface area contributed by atoms with Crippen LogP contribution < -0.4 is 0 Å². The number of H-pyrrole nitrogens is 1. The molecule has 18 heavy (non-hydrogen) atoms. The number of para-hydroxylation sites is 1. The molecule has 0 atom stereocenters. The lowest BCUT2D eigenvalue weighted by atomic mass is 10.2. The Balaban J connectivity index is 2.21. The number of nitrogens with one attached hydrogen (secondary N) is 1. The number of benzene rings is 1. The summed E-state index contributed by atoms with van der Waals surface area (Å²) in [6.45, 7) is 2.13. The van der Waals surface area contributed by atoms with Gasteiger partial charge < -0.3 is 4.98 Å². The molecule has 0 aliphatic heterocycles. The number of rotatable bonds is 1. The van der Waals surface area contributed by atoms with E-state index in [1.807, 2.05) is 22.7 Å². The van der Waals surface area contributed by atoms with Gasteiger partial charge in [-0.05, 0) is 18.1 Å². The standard InChI is InChI=1S/C14H12N4/c1-2-9-7-15-14-17-12-10-5-3-4-6-11(10)16-13(12)18(14)8-9/h3-8,16H,2H2,1H3. The molecule has 4 rings (SSSR count). The van der Waals surface area contributed by atoms with Gasteiger partial charge in [0.2, 0.25) is 5.78 Å². The normalized spacial score (nSPS) is 11.8. The van der Waals surface area contributed by atoms with Crippen molar-refractivity contribution in [1.29, 1.82) is 0 Å². The quantitative estimate of drug-likeness (QED) is 0.552. The van der Waals surface area contributed by atoms with Crippen LogP contribution in [-0.2, 0) is 6.42 Å². The SMILES string of the molecule is CCc1cnc2nc3c4ccccc4[nH]c3n2c1. The van der Waals surface area contributed by atoms with Crippen LogP contribution in [0.5, 0.6) is 0 Å². The van der Waals surface area contributed by atoms with Crippen molar-refractivity contribution in [3.8, 4) is 0 Å². The van der Waals surface area contributed by atoms with Gasteiger partial charge in [-0.15, -0.1) is 0 Å². The molecule has 0 amide bonds. The highest BCUT2D eigenvalue weighted by molar-refractivity contribution is 6.04. The van der Waals surface area contributed by atoms with E-state index in [0.29, 0.717) is 0 Å². The molecule has 88 valence electrons. The van der Waals surface area contributed by atoms with Gasteiger partial charge in [-0.1, -0.05) is 25.1 Å². The third-order valence-corrected chi connectivity index (χ3v) is 3.38. The number of aromatic nitrogens is 4. The van der Waals surface area contributed by atoms with Crippen LogP contribution in [0.1, 0.15) is 12.5 Å².